The summed E-state index contributed by atoms with van der Waals surface area (Å²) in [6.07, 6.45) is 3.86. The second-order valence-electron chi connectivity index (χ2n) is 10.2. The Morgan fingerprint density at radius 3 is 2.73 bits per heavy atom. The summed E-state index contributed by atoms with van der Waals surface area (Å²) in [5, 5.41) is 37.7. The fraction of sp³-hybridized carbons (Fsp3) is 0.750. The number of thioether (sulfide) groups is 1. The maximum atomic E-state index is 12.0. The van der Waals surface area contributed by atoms with Gasteiger partial charge < -0.3 is 40.3 Å². The predicted octanol–water partition coefficient (Wildman–Crippen LogP) is 0.0539. The highest BCUT2D eigenvalue weighted by Crippen LogP contribution is 2.35. The van der Waals surface area contributed by atoms with Crippen LogP contribution in [0.1, 0.15) is 38.6 Å². The van der Waals surface area contributed by atoms with Crippen molar-refractivity contribution >= 4 is 40.6 Å². The number of nitrogens with zero attached hydrogens (tertiary/aromatic N) is 6. The molecule has 2 aromatic rings. The van der Waals surface area contributed by atoms with Crippen LogP contribution in [-0.4, -0.2) is 122 Å². The molecular formula is C24H40N8O4S. The molecule has 3 heterocycles. The molecule has 0 spiro atoms. The van der Waals surface area contributed by atoms with Gasteiger partial charge in [-0.05, 0) is 45.4 Å². The summed E-state index contributed by atoms with van der Waals surface area (Å²) in [5.41, 5.74) is 1.08. The third-order valence-corrected chi connectivity index (χ3v) is 8.14. The number of imidazole rings is 1. The molecule has 2 aromatic heterocycles. The van der Waals surface area contributed by atoms with Crippen molar-refractivity contribution in [3.8, 4) is 0 Å². The van der Waals surface area contributed by atoms with E-state index in [1.165, 1.54) is 0 Å². The molecule has 5 N–H and O–H groups in total. The molecule has 37 heavy (non-hydrogen) atoms. The van der Waals surface area contributed by atoms with E-state index < -0.39 is 24.3 Å². The van der Waals surface area contributed by atoms with E-state index >= 15 is 0 Å². The maximum absolute atomic E-state index is 12.0. The number of rotatable bonds is 11. The van der Waals surface area contributed by atoms with Gasteiger partial charge >= 0.3 is 0 Å². The molecule has 1 aliphatic heterocycles. The lowest BCUT2D eigenvalue weighted by Gasteiger charge is -2.23. The number of hydrogen-bond donors (Lipinski definition) is 5. The van der Waals surface area contributed by atoms with Gasteiger partial charge in [-0.1, -0.05) is 6.92 Å². The van der Waals surface area contributed by atoms with E-state index in [1.807, 2.05) is 6.26 Å². The van der Waals surface area contributed by atoms with Crippen molar-refractivity contribution in [3.05, 3.63) is 6.33 Å². The normalized spacial score (nSPS) is 26.8. The highest BCUT2D eigenvalue weighted by Gasteiger charge is 2.44. The lowest BCUT2D eigenvalue weighted by molar-refractivity contribution is -0.122. The van der Waals surface area contributed by atoms with E-state index in [0.29, 0.717) is 41.8 Å². The van der Waals surface area contributed by atoms with Crippen LogP contribution in [0.5, 0.6) is 0 Å². The number of aliphatic hydroxyl groups excluding tert-OH is 3. The van der Waals surface area contributed by atoms with Crippen molar-refractivity contribution in [1.82, 2.24) is 29.7 Å². The van der Waals surface area contributed by atoms with Crippen LogP contribution in [0.2, 0.25) is 0 Å². The van der Waals surface area contributed by atoms with Crippen LogP contribution in [-0.2, 0) is 4.79 Å². The molecule has 2 fully saturated rings. The van der Waals surface area contributed by atoms with Crippen LogP contribution in [0.4, 0.5) is 11.8 Å². The van der Waals surface area contributed by atoms with Gasteiger partial charge in [-0.15, -0.1) is 0 Å². The number of anilines is 2. The largest absolute Gasteiger partial charge is 0.394 e. The molecule has 1 amide bonds. The topological polar surface area (TPSA) is 152 Å². The first-order chi connectivity index (χ1) is 17.8. The minimum Gasteiger partial charge on any atom is -0.394 e. The molecule has 13 heteroatoms. The minimum atomic E-state index is -1.10. The van der Waals surface area contributed by atoms with Crippen molar-refractivity contribution in [2.24, 2.45) is 0 Å². The Hall–Kier alpha value is -2.19. The van der Waals surface area contributed by atoms with E-state index in [2.05, 4.69) is 39.5 Å². The third-order valence-electron chi connectivity index (χ3n) is 7.49. The molecule has 206 valence electrons. The number of hydrogen-bond acceptors (Lipinski definition) is 11. The lowest BCUT2D eigenvalue weighted by atomic mass is 10.2. The summed E-state index contributed by atoms with van der Waals surface area (Å²) in [5.74, 6) is 1.82. The molecule has 1 aliphatic carbocycles. The van der Waals surface area contributed by atoms with Gasteiger partial charge in [0.2, 0.25) is 11.9 Å². The van der Waals surface area contributed by atoms with Crippen LogP contribution in [0, 0.1) is 0 Å². The van der Waals surface area contributed by atoms with Gasteiger partial charge in [-0.2, -0.15) is 21.7 Å². The first kappa shape index (κ1) is 27.8. The Bertz CT molecular complexity index is 1070. The van der Waals surface area contributed by atoms with Gasteiger partial charge in [-0.3, -0.25) is 4.79 Å². The van der Waals surface area contributed by atoms with Crippen LogP contribution >= 0.6 is 11.8 Å². The number of aliphatic hydroxyl groups is 3. The molecule has 0 unspecified atom stereocenters. The Morgan fingerprint density at radius 2 is 2.08 bits per heavy atom. The number of carbonyl (C=O) groups is 1. The van der Waals surface area contributed by atoms with Crippen LogP contribution < -0.4 is 15.5 Å². The van der Waals surface area contributed by atoms with Crippen molar-refractivity contribution in [3.63, 3.8) is 0 Å². The van der Waals surface area contributed by atoms with E-state index in [4.69, 9.17) is 9.97 Å². The van der Waals surface area contributed by atoms with Crippen LogP contribution in [0.15, 0.2) is 6.33 Å². The molecule has 1 saturated heterocycles. The summed E-state index contributed by atoms with van der Waals surface area (Å²) < 4.78 is 1.78. The van der Waals surface area contributed by atoms with Gasteiger partial charge in [0.15, 0.2) is 17.0 Å². The van der Waals surface area contributed by atoms with Gasteiger partial charge in [0.05, 0.1) is 31.1 Å². The molecular weight excluding hydrogens is 496 g/mol. The molecule has 6 atom stereocenters. The first-order valence-corrected chi connectivity index (χ1v) is 14.3. The molecule has 0 aromatic carbocycles. The van der Waals surface area contributed by atoms with E-state index in [9.17, 15) is 20.1 Å². The molecule has 0 radical (unpaired) electrons. The SMILES string of the molecule is CCC(=O)N[C@H]1C[C@@H](n2cnc3c(N[C@H](CO)CCSC)nc(N4CC[C@@H](N(C)C)C4)nc32)[C@H](O)[C@@H]1O. The summed E-state index contributed by atoms with van der Waals surface area (Å²) in [6, 6.07) is -0.879. The minimum absolute atomic E-state index is 0.0408. The van der Waals surface area contributed by atoms with Crippen molar-refractivity contribution in [1.29, 1.82) is 0 Å². The van der Waals surface area contributed by atoms with Crippen LogP contribution in [0.25, 0.3) is 11.2 Å². The average Bonchev–Trinajstić information content (AvgIpc) is 3.61. The third kappa shape index (κ3) is 5.95. The van der Waals surface area contributed by atoms with Crippen molar-refractivity contribution in [2.75, 3.05) is 56.0 Å². The highest BCUT2D eigenvalue weighted by atomic mass is 32.2. The Balaban J connectivity index is 1.70. The molecule has 2 aliphatic rings. The first-order valence-electron chi connectivity index (χ1n) is 12.9. The van der Waals surface area contributed by atoms with Crippen LogP contribution in [0.3, 0.4) is 0 Å². The molecule has 4 rings (SSSR count). The lowest BCUT2D eigenvalue weighted by Crippen LogP contribution is -2.42. The Kier molecular flexibility index (Phi) is 9.11. The number of fused-ring (bicyclic) bond motifs is 1. The van der Waals surface area contributed by atoms with Gasteiger partial charge in [0.1, 0.15) is 12.2 Å². The second-order valence-corrected chi connectivity index (χ2v) is 11.2. The smallest absolute Gasteiger partial charge is 0.229 e. The molecule has 0 bridgehead atoms. The summed E-state index contributed by atoms with van der Waals surface area (Å²) in [6.45, 7) is 3.31. The highest BCUT2D eigenvalue weighted by molar-refractivity contribution is 7.98. The fourth-order valence-electron chi connectivity index (χ4n) is 5.13. The Morgan fingerprint density at radius 1 is 1.30 bits per heavy atom. The van der Waals surface area contributed by atoms with E-state index in [1.54, 1.807) is 29.6 Å². The molecule has 12 nitrogen and oxygen atoms in total. The second kappa shape index (κ2) is 12.1. The molecule has 1 saturated carbocycles. The van der Waals surface area contributed by atoms with Gasteiger partial charge in [-0.25, -0.2) is 4.98 Å². The summed E-state index contributed by atoms with van der Waals surface area (Å²) >= 11 is 1.72. The standard InChI is InChI=1S/C24H40N8O4S/c1-5-18(34)27-16-10-17(21(36)20(16)35)32-13-25-19-22(26-14(12-33)7-9-37-4)28-24(29-23(19)32)31-8-6-15(11-31)30(2)3/h13-17,20-21,33,35-36H,5-12H2,1-4H3,(H,27,34)(H,26,28,29)/t14-,15+,16-,17+,20+,21-/m0/s1. The van der Waals surface area contributed by atoms with Crippen molar-refractivity contribution < 1.29 is 20.1 Å². The van der Waals surface area contributed by atoms with Gasteiger partial charge in [0.25, 0.3) is 0 Å². The average molecular weight is 537 g/mol. The summed E-state index contributed by atoms with van der Waals surface area (Å²) in [4.78, 5) is 30.6. The van der Waals surface area contributed by atoms with E-state index in [-0.39, 0.29) is 18.6 Å². The number of likely N-dealkylation sites (N-methyl/N-ethyl adjacent to an activating group) is 1. The zero-order valence-corrected chi connectivity index (χ0v) is 22.9. The zero-order valence-electron chi connectivity index (χ0n) is 22.0. The quantitative estimate of drug-likeness (QED) is 0.265. The number of nitrogens with one attached hydrogen (secondary N) is 2. The monoisotopic (exact) mass is 536 g/mol. The predicted molar refractivity (Wildman–Crippen MR) is 145 cm³/mol. The number of amides is 1. The van der Waals surface area contributed by atoms with Gasteiger partial charge in [0, 0.05) is 25.6 Å². The maximum Gasteiger partial charge on any atom is 0.229 e. The summed E-state index contributed by atoms with van der Waals surface area (Å²) in [7, 11) is 4.14. The number of carbonyl (C=O) groups excluding carboxylic acids is 1. The Labute approximate surface area is 221 Å². The fourth-order valence-corrected chi connectivity index (χ4v) is 5.65. The van der Waals surface area contributed by atoms with E-state index in [0.717, 1.165) is 31.7 Å². The zero-order chi connectivity index (χ0) is 26.7. The van der Waals surface area contributed by atoms with Crippen molar-refractivity contribution in [2.45, 2.75) is 69.0 Å². The number of aromatic nitrogens is 4.